The van der Waals surface area contributed by atoms with Gasteiger partial charge in [0.2, 0.25) is 0 Å². The molecule has 0 aliphatic carbocycles. The van der Waals surface area contributed by atoms with Crippen molar-refractivity contribution in [3.8, 4) is 0 Å². The normalized spacial score (nSPS) is 12.2. The van der Waals surface area contributed by atoms with Gasteiger partial charge in [0, 0.05) is 6.67 Å². The van der Waals surface area contributed by atoms with Crippen molar-refractivity contribution in [2.75, 3.05) is 19.8 Å². The molecule has 3 heteroatoms. The van der Waals surface area contributed by atoms with Crippen LogP contribution in [0.1, 0.15) is 19.4 Å². The standard InChI is InChI=1S/C13H22N2Si/c1-3-15(4-2)12-14-16-11-10-13-8-6-5-7-9-13/h5-11,14H,3-4,12,16H2,1-2H3. The zero-order valence-electron chi connectivity index (χ0n) is 10.3. The Morgan fingerprint density at radius 2 is 1.88 bits per heavy atom. The second kappa shape index (κ2) is 8.27. The molecule has 1 aromatic rings. The van der Waals surface area contributed by atoms with Crippen LogP contribution in [-0.2, 0) is 0 Å². The van der Waals surface area contributed by atoms with Crippen LogP contribution in [0.15, 0.2) is 36.0 Å². The predicted molar refractivity (Wildman–Crippen MR) is 74.9 cm³/mol. The summed E-state index contributed by atoms with van der Waals surface area (Å²) in [4.78, 5) is 5.93. The fourth-order valence-electron chi connectivity index (χ4n) is 1.51. The van der Waals surface area contributed by atoms with Crippen LogP contribution in [0.4, 0.5) is 0 Å². The predicted octanol–water partition coefficient (Wildman–Crippen LogP) is 1.63. The van der Waals surface area contributed by atoms with Gasteiger partial charge in [-0.3, -0.25) is 4.90 Å². The van der Waals surface area contributed by atoms with Crippen LogP contribution in [0.5, 0.6) is 0 Å². The average molecular weight is 234 g/mol. The molecule has 0 aliphatic rings. The maximum absolute atomic E-state index is 3.54. The minimum Gasteiger partial charge on any atom is -0.327 e. The third-order valence-corrected chi connectivity index (χ3v) is 3.59. The van der Waals surface area contributed by atoms with Gasteiger partial charge in [-0.05, 0) is 18.7 Å². The molecule has 1 rings (SSSR count). The first-order valence-electron chi connectivity index (χ1n) is 6.01. The van der Waals surface area contributed by atoms with Gasteiger partial charge in [-0.1, -0.05) is 56.0 Å². The first-order valence-corrected chi connectivity index (χ1v) is 7.53. The molecule has 1 N–H and O–H groups in total. The average Bonchev–Trinajstić information content (AvgIpc) is 2.35. The molecule has 0 saturated carbocycles. The summed E-state index contributed by atoms with van der Waals surface area (Å²) in [7, 11) is -0.266. The Morgan fingerprint density at radius 3 is 2.50 bits per heavy atom. The van der Waals surface area contributed by atoms with E-state index in [0.717, 1.165) is 19.8 Å². The number of nitrogens with one attached hydrogen (secondary N) is 1. The topological polar surface area (TPSA) is 15.3 Å². The molecule has 1 aromatic carbocycles. The van der Waals surface area contributed by atoms with E-state index in [-0.39, 0.29) is 9.68 Å². The molecular formula is C13H22N2Si. The summed E-state index contributed by atoms with van der Waals surface area (Å²) in [5, 5.41) is 0. The summed E-state index contributed by atoms with van der Waals surface area (Å²) in [5.74, 6) is 0. The van der Waals surface area contributed by atoms with Crippen molar-refractivity contribution in [3.05, 3.63) is 41.6 Å². The molecule has 0 heterocycles. The van der Waals surface area contributed by atoms with Crippen LogP contribution >= 0.6 is 0 Å². The first-order chi connectivity index (χ1) is 7.86. The van der Waals surface area contributed by atoms with E-state index in [2.05, 4.69) is 59.8 Å². The summed E-state index contributed by atoms with van der Waals surface area (Å²) in [6, 6.07) is 10.5. The van der Waals surface area contributed by atoms with E-state index in [0.29, 0.717) is 0 Å². The van der Waals surface area contributed by atoms with Crippen LogP contribution in [0.25, 0.3) is 6.08 Å². The lowest BCUT2D eigenvalue weighted by Gasteiger charge is -2.17. The zero-order valence-corrected chi connectivity index (χ0v) is 11.7. The Kier molecular flexibility index (Phi) is 6.81. The molecule has 0 aliphatic heterocycles. The van der Waals surface area contributed by atoms with E-state index in [1.54, 1.807) is 0 Å². The molecule has 0 amide bonds. The first kappa shape index (κ1) is 13.2. The fourth-order valence-corrected chi connectivity index (χ4v) is 2.51. The van der Waals surface area contributed by atoms with E-state index in [9.17, 15) is 0 Å². The summed E-state index contributed by atoms with van der Waals surface area (Å²) in [6.45, 7) is 7.68. The highest BCUT2D eigenvalue weighted by Crippen LogP contribution is 1.99. The van der Waals surface area contributed by atoms with Crippen LogP contribution < -0.4 is 4.98 Å². The molecule has 0 aromatic heterocycles. The number of nitrogens with zero attached hydrogens (tertiary/aromatic N) is 1. The summed E-state index contributed by atoms with van der Waals surface area (Å²) < 4.78 is 0. The molecule has 0 bridgehead atoms. The zero-order chi connectivity index (χ0) is 11.6. The highest BCUT2D eigenvalue weighted by Gasteiger charge is 1.95. The summed E-state index contributed by atoms with van der Waals surface area (Å²) in [5.41, 5.74) is 3.60. The monoisotopic (exact) mass is 234 g/mol. The van der Waals surface area contributed by atoms with Crippen molar-refractivity contribution in [2.45, 2.75) is 13.8 Å². The van der Waals surface area contributed by atoms with Crippen molar-refractivity contribution >= 4 is 15.8 Å². The van der Waals surface area contributed by atoms with E-state index in [1.807, 2.05) is 6.07 Å². The molecule has 88 valence electrons. The molecular weight excluding hydrogens is 212 g/mol. The lowest BCUT2D eigenvalue weighted by Crippen LogP contribution is -2.35. The van der Waals surface area contributed by atoms with E-state index < -0.39 is 0 Å². The van der Waals surface area contributed by atoms with Gasteiger partial charge in [-0.2, -0.15) is 0 Å². The maximum atomic E-state index is 3.54. The third-order valence-electron chi connectivity index (χ3n) is 2.60. The second-order valence-electron chi connectivity index (χ2n) is 3.73. The molecule has 0 radical (unpaired) electrons. The van der Waals surface area contributed by atoms with Gasteiger partial charge >= 0.3 is 0 Å². The largest absolute Gasteiger partial charge is 0.327 e. The Balaban J connectivity index is 2.18. The van der Waals surface area contributed by atoms with Gasteiger partial charge in [0.05, 0.1) is 0 Å². The minimum atomic E-state index is -0.266. The number of benzene rings is 1. The molecule has 0 spiro atoms. The summed E-state index contributed by atoms with van der Waals surface area (Å²) in [6.07, 6.45) is 2.21. The molecule has 16 heavy (non-hydrogen) atoms. The SMILES string of the molecule is CCN(CC)CN[SiH2]C=Cc1ccccc1. The van der Waals surface area contributed by atoms with Gasteiger partial charge in [-0.15, -0.1) is 0 Å². The van der Waals surface area contributed by atoms with E-state index in [1.165, 1.54) is 5.56 Å². The van der Waals surface area contributed by atoms with Gasteiger partial charge < -0.3 is 4.98 Å². The highest BCUT2D eigenvalue weighted by molar-refractivity contribution is 6.40. The molecule has 0 atom stereocenters. The summed E-state index contributed by atoms with van der Waals surface area (Å²) >= 11 is 0. The van der Waals surface area contributed by atoms with E-state index >= 15 is 0 Å². The Labute approximate surface area is 101 Å². The lowest BCUT2D eigenvalue weighted by atomic mass is 10.2. The van der Waals surface area contributed by atoms with Gasteiger partial charge in [0.1, 0.15) is 9.68 Å². The Morgan fingerprint density at radius 1 is 1.19 bits per heavy atom. The smallest absolute Gasteiger partial charge is 0.117 e. The van der Waals surface area contributed by atoms with Crippen molar-refractivity contribution in [1.82, 2.24) is 9.88 Å². The van der Waals surface area contributed by atoms with Gasteiger partial charge in [0.25, 0.3) is 0 Å². The van der Waals surface area contributed by atoms with Crippen molar-refractivity contribution in [1.29, 1.82) is 0 Å². The van der Waals surface area contributed by atoms with Crippen LogP contribution in [0, 0.1) is 0 Å². The minimum absolute atomic E-state index is 0.266. The molecule has 0 unspecified atom stereocenters. The van der Waals surface area contributed by atoms with Crippen molar-refractivity contribution in [2.24, 2.45) is 0 Å². The Hall–Kier alpha value is -0.903. The van der Waals surface area contributed by atoms with Crippen LogP contribution in [0.3, 0.4) is 0 Å². The molecule has 0 fully saturated rings. The van der Waals surface area contributed by atoms with E-state index in [4.69, 9.17) is 0 Å². The van der Waals surface area contributed by atoms with Gasteiger partial charge in [0.15, 0.2) is 0 Å². The van der Waals surface area contributed by atoms with Crippen molar-refractivity contribution in [3.63, 3.8) is 0 Å². The quantitative estimate of drug-likeness (QED) is 0.438. The second-order valence-corrected chi connectivity index (χ2v) is 5.11. The van der Waals surface area contributed by atoms with Crippen molar-refractivity contribution < 1.29 is 0 Å². The lowest BCUT2D eigenvalue weighted by molar-refractivity contribution is 0.301. The van der Waals surface area contributed by atoms with Gasteiger partial charge in [-0.25, -0.2) is 0 Å². The number of hydrogen-bond acceptors (Lipinski definition) is 2. The molecule has 0 saturated heterocycles. The number of hydrogen-bond donors (Lipinski definition) is 1. The number of rotatable bonds is 7. The van der Waals surface area contributed by atoms with Crippen LogP contribution in [-0.4, -0.2) is 34.3 Å². The third kappa shape index (κ3) is 5.26. The van der Waals surface area contributed by atoms with Crippen LogP contribution in [0.2, 0.25) is 0 Å². The highest BCUT2D eigenvalue weighted by atomic mass is 28.2. The Bertz CT molecular complexity index is 294. The maximum Gasteiger partial charge on any atom is 0.117 e. The fraction of sp³-hybridized carbons (Fsp3) is 0.385. The molecule has 2 nitrogen and oxygen atoms in total.